The maximum absolute atomic E-state index is 5.18. The topological polar surface area (TPSA) is 56.9 Å². The van der Waals surface area contributed by atoms with Crippen LogP contribution >= 0.6 is 0 Å². The third-order valence-corrected chi connectivity index (χ3v) is 6.05. The number of rotatable bonds is 6. The van der Waals surface area contributed by atoms with Crippen LogP contribution in [0.1, 0.15) is 57.4 Å². The summed E-state index contributed by atoms with van der Waals surface area (Å²) in [6.07, 6.45) is 6.69. The molecule has 1 aromatic heterocycles. The molecule has 1 saturated carbocycles. The summed E-state index contributed by atoms with van der Waals surface area (Å²) in [5, 5.41) is 7.63. The van der Waals surface area contributed by atoms with E-state index in [0.717, 1.165) is 63.2 Å². The van der Waals surface area contributed by atoms with Gasteiger partial charge in [-0.05, 0) is 38.5 Å². The summed E-state index contributed by atoms with van der Waals surface area (Å²) in [7, 11) is 0. The maximum Gasteiger partial charge on any atom is 0.194 e. The number of hydrogen-bond acceptors (Lipinski definition) is 4. The normalized spacial score (nSPS) is 21.3. The van der Waals surface area contributed by atoms with Crippen molar-refractivity contribution >= 4 is 5.96 Å². The van der Waals surface area contributed by atoms with Crippen LogP contribution in [0.25, 0.3) is 0 Å². The first-order valence-electron chi connectivity index (χ1n) is 10.3. The van der Waals surface area contributed by atoms with E-state index in [4.69, 9.17) is 9.52 Å². The lowest BCUT2D eigenvalue weighted by Gasteiger charge is -2.36. The van der Waals surface area contributed by atoms with Crippen molar-refractivity contribution in [2.24, 2.45) is 10.4 Å². The van der Waals surface area contributed by atoms with Crippen molar-refractivity contribution in [1.82, 2.24) is 20.3 Å². The first-order chi connectivity index (χ1) is 12.6. The van der Waals surface area contributed by atoms with Gasteiger partial charge in [0.05, 0.1) is 5.69 Å². The average Bonchev–Trinajstić information content (AvgIpc) is 3.29. The van der Waals surface area contributed by atoms with Crippen LogP contribution in [0.4, 0.5) is 0 Å². The maximum atomic E-state index is 5.18. The Morgan fingerprint density at radius 3 is 2.54 bits per heavy atom. The number of piperazine rings is 1. The molecule has 2 heterocycles. The Morgan fingerprint density at radius 2 is 1.96 bits per heavy atom. The molecular formula is C20H35N5O. The molecule has 0 radical (unpaired) electrons. The van der Waals surface area contributed by atoms with Gasteiger partial charge < -0.3 is 14.7 Å². The summed E-state index contributed by atoms with van der Waals surface area (Å²) in [6.45, 7) is 13.3. The number of nitrogens with zero attached hydrogens (tertiary/aromatic N) is 4. The summed E-state index contributed by atoms with van der Waals surface area (Å²) in [5.74, 6) is 1.99. The molecule has 2 fully saturated rings. The highest BCUT2D eigenvalue weighted by Gasteiger charge is 2.32. The van der Waals surface area contributed by atoms with Crippen molar-refractivity contribution in [1.29, 1.82) is 0 Å². The zero-order valence-corrected chi connectivity index (χ0v) is 16.8. The third-order valence-electron chi connectivity index (χ3n) is 6.05. The molecule has 146 valence electrons. The van der Waals surface area contributed by atoms with Crippen molar-refractivity contribution < 1.29 is 4.52 Å². The van der Waals surface area contributed by atoms with Crippen LogP contribution in [0.3, 0.4) is 0 Å². The van der Waals surface area contributed by atoms with Gasteiger partial charge in [0.15, 0.2) is 5.96 Å². The predicted octanol–water partition coefficient (Wildman–Crippen LogP) is 3.04. The van der Waals surface area contributed by atoms with Gasteiger partial charge in [-0.2, -0.15) is 0 Å². The molecule has 0 unspecified atom stereocenters. The first kappa shape index (κ1) is 19.2. The van der Waals surface area contributed by atoms with Crippen LogP contribution in [0.15, 0.2) is 15.6 Å². The Labute approximate surface area is 158 Å². The van der Waals surface area contributed by atoms with E-state index in [9.17, 15) is 0 Å². The Kier molecular flexibility index (Phi) is 6.57. The van der Waals surface area contributed by atoms with Crippen molar-refractivity contribution in [2.75, 3.05) is 39.3 Å². The van der Waals surface area contributed by atoms with Gasteiger partial charge in [0.1, 0.15) is 5.76 Å². The van der Waals surface area contributed by atoms with Crippen LogP contribution in [-0.2, 0) is 6.54 Å². The monoisotopic (exact) mass is 361 g/mol. The molecular weight excluding hydrogens is 326 g/mol. The quantitative estimate of drug-likeness (QED) is 0.623. The van der Waals surface area contributed by atoms with Crippen LogP contribution in [-0.4, -0.2) is 60.2 Å². The van der Waals surface area contributed by atoms with E-state index in [1.807, 2.05) is 13.0 Å². The minimum Gasteiger partial charge on any atom is -0.361 e. The SMILES string of the molecule is CCNC(=NCC1(CC)CCCC1)N1CCN(Cc2cc(C)on2)CC1. The van der Waals surface area contributed by atoms with Gasteiger partial charge in [0.2, 0.25) is 0 Å². The van der Waals surface area contributed by atoms with E-state index in [0.29, 0.717) is 5.41 Å². The molecule has 3 rings (SSSR count). The smallest absolute Gasteiger partial charge is 0.194 e. The lowest BCUT2D eigenvalue weighted by molar-refractivity contribution is 0.168. The van der Waals surface area contributed by atoms with Gasteiger partial charge in [-0.15, -0.1) is 0 Å². The van der Waals surface area contributed by atoms with Gasteiger partial charge in [0.25, 0.3) is 0 Å². The lowest BCUT2D eigenvalue weighted by Crippen LogP contribution is -2.52. The number of aromatic nitrogens is 1. The third kappa shape index (κ3) is 4.78. The van der Waals surface area contributed by atoms with Crippen LogP contribution in [0.2, 0.25) is 0 Å². The molecule has 26 heavy (non-hydrogen) atoms. The average molecular weight is 362 g/mol. The van der Waals surface area contributed by atoms with E-state index >= 15 is 0 Å². The molecule has 0 aromatic carbocycles. The summed E-state index contributed by atoms with van der Waals surface area (Å²) < 4.78 is 5.18. The lowest BCUT2D eigenvalue weighted by atomic mass is 9.83. The number of guanidine groups is 1. The summed E-state index contributed by atoms with van der Waals surface area (Å²) in [4.78, 5) is 9.93. The fourth-order valence-corrected chi connectivity index (χ4v) is 4.26. The van der Waals surface area contributed by atoms with Crippen molar-refractivity contribution in [3.63, 3.8) is 0 Å². The molecule has 6 nitrogen and oxygen atoms in total. The zero-order chi connectivity index (χ0) is 18.4. The molecule has 2 aliphatic rings. The second-order valence-electron chi connectivity index (χ2n) is 7.92. The Morgan fingerprint density at radius 1 is 1.23 bits per heavy atom. The Hall–Kier alpha value is -1.56. The molecule has 1 aliphatic heterocycles. The molecule has 0 bridgehead atoms. The number of hydrogen-bond donors (Lipinski definition) is 1. The highest BCUT2D eigenvalue weighted by molar-refractivity contribution is 5.80. The van der Waals surface area contributed by atoms with Crippen LogP contribution in [0.5, 0.6) is 0 Å². The number of nitrogens with one attached hydrogen (secondary N) is 1. The Balaban J connectivity index is 1.54. The largest absolute Gasteiger partial charge is 0.361 e. The van der Waals surface area contributed by atoms with Gasteiger partial charge in [-0.25, -0.2) is 0 Å². The fourth-order valence-electron chi connectivity index (χ4n) is 4.26. The van der Waals surface area contributed by atoms with Gasteiger partial charge >= 0.3 is 0 Å². The van der Waals surface area contributed by atoms with E-state index in [-0.39, 0.29) is 0 Å². The van der Waals surface area contributed by atoms with E-state index in [1.165, 1.54) is 32.1 Å². The summed E-state index contributed by atoms with van der Waals surface area (Å²) >= 11 is 0. The second kappa shape index (κ2) is 8.89. The van der Waals surface area contributed by atoms with Crippen molar-refractivity contribution in [2.45, 2.75) is 59.4 Å². The Bertz CT molecular complexity index is 583. The van der Waals surface area contributed by atoms with Crippen molar-refractivity contribution in [3.05, 3.63) is 17.5 Å². The summed E-state index contributed by atoms with van der Waals surface area (Å²) in [6, 6.07) is 2.03. The summed E-state index contributed by atoms with van der Waals surface area (Å²) in [5.41, 5.74) is 1.48. The second-order valence-corrected chi connectivity index (χ2v) is 7.92. The highest BCUT2D eigenvalue weighted by atomic mass is 16.5. The number of aliphatic imine (C=N–C) groups is 1. The van der Waals surface area contributed by atoms with Crippen LogP contribution in [0, 0.1) is 12.3 Å². The molecule has 1 aliphatic carbocycles. The molecule has 0 atom stereocenters. The van der Waals surface area contributed by atoms with E-state index in [2.05, 4.69) is 34.1 Å². The molecule has 0 amide bonds. The minimum absolute atomic E-state index is 0.452. The minimum atomic E-state index is 0.452. The number of aryl methyl sites for hydroxylation is 1. The first-order valence-corrected chi connectivity index (χ1v) is 10.3. The van der Waals surface area contributed by atoms with Gasteiger partial charge in [0, 0.05) is 51.9 Å². The predicted molar refractivity (Wildman–Crippen MR) is 105 cm³/mol. The van der Waals surface area contributed by atoms with Gasteiger partial charge in [-0.1, -0.05) is 24.9 Å². The molecule has 1 N–H and O–H groups in total. The molecule has 0 spiro atoms. The van der Waals surface area contributed by atoms with E-state index in [1.54, 1.807) is 0 Å². The van der Waals surface area contributed by atoms with Crippen LogP contribution < -0.4 is 5.32 Å². The zero-order valence-electron chi connectivity index (χ0n) is 16.8. The highest BCUT2D eigenvalue weighted by Crippen LogP contribution is 2.41. The van der Waals surface area contributed by atoms with E-state index < -0.39 is 0 Å². The standard InChI is InChI=1S/C20H35N5O/c1-4-20(8-6-7-9-20)16-22-19(21-5-2)25-12-10-24(11-13-25)15-18-14-17(3)26-23-18/h14H,4-13,15-16H2,1-3H3,(H,21,22). The fraction of sp³-hybridized carbons (Fsp3) is 0.800. The molecule has 6 heteroatoms. The molecule has 1 aromatic rings. The van der Waals surface area contributed by atoms with Gasteiger partial charge in [-0.3, -0.25) is 9.89 Å². The molecule has 1 saturated heterocycles. The van der Waals surface area contributed by atoms with Crippen molar-refractivity contribution in [3.8, 4) is 0 Å².